The quantitative estimate of drug-likeness (QED) is 0.532. The number of β-amino-alcohol motifs (C(OH)–C–C–N with tert-alkyl or cyclic N) is 1. The number of aliphatic hydroxyl groups is 1. The maximum Gasteiger partial charge on any atom is 0.243 e. The fourth-order valence-corrected chi connectivity index (χ4v) is 7.46. The largest absolute Gasteiger partial charge is 0.389 e. The van der Waals surface area contributed by atoms with Crippen LogP contribution < -0.4 is 5.32 Å². The van der Waals surface area contributed by atoms with Gasteiger partial charge in [-0.2, -0.15) is 4.31 Å². The molecule has 3 fully saturated rings. The monoisotopic (exact) mass is 561 g/mol. The number of likely N-dealkylation sites (tertiary alicyclic amines) is 1. The Labute approximate surface area is 228 Å². The minimum Gasteiger partial charge on any atom is -0.389 e. The highest BCUT2D eigenvalue weighted by molar-refractivity contribution is 7.89. The summed E-state index contributed by atoms with van der Waals surface area (Å²) < 4.78 is 53.5. The van der Waals surface area contributed by atoms with E-state index >= 15 is 0 Å². The Hall–Kier alpha value is -2.41. The third-order valence-corrected chi connectivity index (χ3v) is 9.56. The van der Waals surface area contributed by atoms with Crippen molar-refractivity contribution in [2.45, 2.75) is 67.5 Å². The van der Waals surface area contributed by atoms with Crippen molar-refractivity contribution in [3.05, 3.63) is 66.0 Å². The van der Waals surface area contributed by atoms with Crippen LogP contribution in [0.4, 0.5) is 4.39 Å². The summed E-state index contributed by atoms with van der Waals surface area (Å²) in [6.45, 7) is 2.49. The van der Waals surface area contributed by atoms with Gasteiger partial charge in [0.2, 0.25) is 15.9 Å². The number of ether oxygens (including phenoxy) is 2. The Morgan fingerprint density at radius 1 is 1.03 bits per heavy atom. The van der Waals surface area contributed by atoms with E-state index in [0.29, 0.717) is 12.8 Å². The van der Waals surface area contributed by atoms with Crippen LogP contribution in [0.25, 0.3) is 0 Å². The molecule has 0 aromatic heterocycles. The Kier molecular flexibility index (Phi) is 8.95. The molecule has 5 rings (SSSR count). The number of aliphatic hydroxyl groups excluding tert-OH is 1. The van der Waals surface area contributed by atoms with Gasteiger partial charge in [-0.25, -0.2) is 12.8 Å². The number of hydrogen-bond acceptors (Lipinski definition) is 7. The molecule has 3 heterocycles. The van der Waals surface area contributed by atoms with Crippen LogP contribution in [0.15, 0.2) is 59.5 Å². The molecular formula is C28H36FN3O6S. The van der Waals surface area contributed by atoms with Gasteiger partial charge < -0.3 is 19.9 Å². The zero-order chi connectivity index (χ0) is 27.4. The van der Waals surface area contributed by atoms with Gasteiger partial charge >= 0.3 is 0 Å². The Morgan fingerprint density at radius 3 is 2.56 bits per heavy atom. The predicted molar refractivity (Wildman–Crippen MR) is 142 cm³/mol. The highest BCUT2D eigenvalue weighted by atomic mass is 32.2. The molecule has 11 heteroatoms. The third kappa shape index (κ3) is 7.03. The van der Waals surface area contributed by atoms with Gasteiger partial charge in [0.25, 0.3) is 0 Å². The van der Waals surface area contributed by atoms with E-state index in [2.05, 4.69) is 22.3 Å². The lowest BCUT2D eigenvalue weighted by Crippen LogP contribution is -2.57. The normalized spacial score (nSPS) is 28.8. The molecule has 0 bridgehead atoms. The van der Waals surface area contributed by atoms with Crippen molar-refractivity contribution in [1.29, 1.82) is 0 Å². The van der Waals surface area contributed by atoms with E-state index in [-0.39, 0.29) is 49.1 Å². The molecule has 0 saturated carbocycles. The summed E-state index contributed by atoms with van der Waals surface area (Å²) in [5.74, 6) is -0.612. The molecule has 0 radical (unpaired) electrons. The molecule has 3 aliphatic heterocycles. The van der Waals surface area contributed by atoms with Gasteiger partial charge in [-0.3, -0.25) is 9.69 Å². The lowest BCUT2D eigenvalue weighted by molar-refractivity contribution is -0.146. The third-order valence-electron chi connectivity index (χ3n) is 7.65. The number of nitrogens with one attached hydrogen (secondary N) is 1. The maximum atomic E-state index is 13.5. The fourth-order valence-electron chi connectivity index (χ4n) is 5.74. The lowest BCUT2D eigenvalue weighted by Gasteiger charge is -2.43. The summed E-state index contributed by atoms with van der Waals surface area (Å²) in [6.07, 6.45) is 0.0617. The van der Waals surface area contributed by atoms with Gasteiger partial charge in [0.1, 0.15) is 5.82 Å². The van der Waals surface area contributed by atoms with Crippen LogP contribution in [0.3, 0.4) is 0 Å². The number of hydrogen-bond donors (Lipinski definition) is 2. The van der Waals surface area contributed by atoms with E-state index in [4.69, 9.17) is 9.47 Å². The van der Waals surface area contributed by atoms with Crippen molar-refractivity contribution in [1.82, 2.24) is 14.5 Å². The Bertz CT molecular complexity index is 1220. The van der Waals surface area contributed by atoms with Crippen molar-refractivity contribution in [2.24, 2.45) is 0 Å². The van der Waals surface area contributed by atoms with E-state index < -0.39 is 34.1 Å². The molecule has 212 valence electrons. The van der Waals surface area contributed by atoms with Crippen molar-refractivity contribution in [2.75, 3.05) is 32.8 Å². The van der Waals surface area contributed by atoms with Crippen LogP contribution in [-0.2, 0) is 30.8 Å². The molecule has 9 nitrogen and oxygen atoms in total. The van der Waals surface area contributed by atoms with E-state index in [0.717, 1.165) is 38.2 Å². The molecule has 2 N–H and O–H groups in total. The molecule has 0 unspecified atom stereocenters. The minimum atomic E-state index is -4.02. The lowest BCUT2D eigenvalue weighted by atomic mass is 9.96. The number of amides is 1. The second-order valence-corrected chi connectivity index (χ2v) is 12.5. The second kappa shape index (κ2) is 12.4. The topological polar surface area (TPSA) is 108 Å². The Morgan fingerprint density at radius 2 is 1.79 bits per heavy atom. The van der Waals surface area contributed by atoms with Crippen LogP contribution >= 0.6 is 0 Å². The number of sulfonamides is 1. The first kappa shape index (κ1) is 28.1. The molecule has 3 saturated heterocycles. The number of rotatable bonds is 7. The molecule has 0 aliphatic carbocycles. The van der Waals surface area contributed by atoms with Gasteiger partial charge in [-0.1, -0.05) is 30.3 Å². The highest BCUT2D eigenvalue weighted by Gasteiger charge is 2.43. The molecule has 0 spiro atoms. The molecule has 3 aliphatic rings. The molecule has 2 aromatic rings. The average molecular weight is 562 g/mol. The second-order valence-electron chi connectivity index (χ2n) is 10.6. The van der Waals surface area contributed by atoms with Crippen LogP contribution in [0.2, 0.25) is 0 Å². The standard InChI is InChI=1S/C28H36FN3O6S/c29-21-6-9-25(10-7-21)39(35,36)32-17-23(33)18-37-19-27-26(32)11-8-24(38-27)14-28(34)30-22-12-13-31(16-22)15-20-4-2-1-3-5-20/h1-7,9-10,22-24,26-27,33H,8,11-19H2,(H,30,34)/t22-,23-,24+,26+,27-/m0/s1. The highest BCUT2D eigenvalue weighted by Crippen LogP contribution is 2.31. The summed E-state index contributed by atoms with van der Waals surface area (Å²) in [4.78, 5) is 15.2. The first-order chi connectivity index (χ1) is 18.8. The van der Waals surface area contributed by atoms with Crippen molar-refractivity contribution in [3.63, 3.8) is 0 Å². The number of benzene rings is 2. The maximum absolute atomic E-state index is 13.5. The number of carbonyl (C=O) groups excluding carboxylic acids is 1. The van der Waals surface area contributed by atoms with E-state index in [9.17, 15) is 22.7 Å². The van der Waals surface area contributed by atoms with Gasteiger partial charge in [0.05, 0.1) is 48.9 Å². The zero-order valence-electron chi connectivity index (χ0n) is 21.8. The Balaban J connectivity index is 1.18. The number of halogens is 1. The minimum absolute atomic E-state index is 0.0334. The van der Waals surface area contributed by atoms with Gasteiger partial charge in [0, 0.05) is 32.2 Å². The fraction of sp³-hybridized carbons (Fsp3) is 0.536. The molecular weight excluding hydrogens is 525 g/mol. The number of carbonyl (C=O) groups is 1. The van der Waals surface area contributed by atoms with E-state index in [1.807, 2.05) is 18.2 Å². The average Bonchev–Trinajstić information content (AvgIpc) is 3.33. The van der Waals surface area contributed by atoms with Crippen molar-refractivity contribution >= 4 is 15.9 Å². The number of nitrogens with zero attached hydrogens (tertiary/aromatic N) is 2. The summed E-state index contributed by atoms with van der Waals surface area (Å²) in [5.41, 5.74) is 1.25. The summed E-state index contributed by atoms with van der Waals surface area (Å²) in [7, 11) is -4.02. The molecule has 39 heavy (non-hydrogen) atoms. The summed E-state index contributed by atoms with van der Waals surface area (Å²) in [5, 5.41) is 13.5. The smallest absolute Gasteiger partial charge is 0.243 e. The molecule has 5 atom stereocenters. The van der Waals surface area contributed by atoms with Crippen molar-refractivity contribution in [3.8, 4) is 0 Å². The molecule has 2 aromatic carbocycles. The van der Waals surface area contributed by atoms with E-state index in [1.54, 1.807) is 0 Å². The van der Waals surface area contributed by atoms with E-state index in [1.165, 1.54) is 22.0 Å². The molecule has 1 amide bonds. The first-order valence-corrected chi connectivity index (χ1v) is 15.0. The van der Waals surface area contributed by atoms with Gasteiger partial charge in [-0.05, 0) is 49.1 Å². The first-order valence-electron chi connectivity index (χ1n) is 13.5. The zero-order valence-corrected chi connectivity index (χ0v) is 22.6. The SMILES string of the molecule is O=C(C[C@H]1CC[C@@H]2[C@H](COC[C@@H](O)CN2S(=O)(=O)c2ccc(F)cc2)O1)N[C@H]1CCN(Cc2ccccc2)C1. The number of fused-ring (bicyclic) bond motifs is 1. The van der Waals surface area contributed by atoms with Crippen molar-refractivity contribution < 1.29 is 32.2 Å². The van der Waals surface area contributed by atoms with Gasteiger partial charge in [0.15, 0.2) is 0 Å². The van der Waals surface area contributed by atoms with Crippen LogP contribution in [0, 0.1) is 5.82 Å². The van der Waals surface area contributed by atoms with Crippen LogP contribution in [0.1, 0.15) is 31.2 Å². The van der Waals surface area contributed by atoms with Crippen LogP contribution in [-0.4, -0.2) is 91.9 Å². The summed E-state index contributed by atoms with van der Waals surface area (Å²) in [6, 6.07) is 14.4. The predicted octanol–water partition coefficient (Wildman–Crippen LogP) is 1.90. The van der Waals surface area contributed by atoms with Gasteiger partial charge in [-0.15, -0.1) is 0 Å². The van der Waals surface area contributed by atoms with Crippen LogP contribution in [0.5, 0.6) is 0 Å². The summed E-state index contributed by atoms with van der Waals surface area (Å²) >= 11 is 0.